The quantitative estimate of drug-likeness (QED) is 0.779. The molecular weight excluding hydrogens is 383 g/mol. The average molecular weight is 413 g/mol. The zero-order chi connectivity index (χ0) is 21.7. The summed E-state index contributed by atoms with van der Waals surface area (Å²) < 4.78 is 18.9. The standard InChI is InChI=1S/C24H29FN2O3/c1-24(2,3)23(29)27-12-10-18(11-13-27)22(28)26-20-8-4-6-17(14-20)16-30-21-9-5-7-19(25)15-21/h4-9,14-15,18H,10-13,16H2,1-3H3,(H,26,28). The van der Waals surface area contributed by atoms with Crippen molar-refractivity contribution in [1.29, 1.82) is 0 Å². The van der Waals surface area contributed by atoms with E-state index in [1.807, 2.05) is 49.9 Å². The molecule has 1 fully saturated rings. The Bertz CT molecular complexity index is 899. The number of piperidine rings is 1. The van der Waals surface area contributed by atoms with Crippen molar-refractivity contribution in [1.82, 2.24) is 4.90 Å². The van der Waals surface area contributed by atoms with Crippen molar-refractivity contribution < 1.29 is 18.7 Å². The van der Waals surface area contributed by atoms with Crippen LogP contribution in [0.4, 0.5) is 10.1 Å². The monoisotopic (exact) mass is 412 g/mol. The summed E-state index contributed by atoms with van der Waals surface area (Å²) in [6, 6.07) is 13.4. The minimum atomic E-state index is -0.400. The highest BCUT2D eigenvalue weighted by atomic mass is 19.1. The second-order valence-electron chi connectivity index (χ2n) is 8.75. The van der Waals surface area contributed by atoms with Gasteiger partial charge in [0, 0.05) is 36.2 Å². The van der Waals surface area contributed by atoms with E-state index in [1.54, 1.807) is 12.1 Å². The fourth-order valence-electron chi connectivity index (χ4n) is 3.53. The zero-order valence-electron chi connectivity index (χ0n) is 17.8. The maximum absolute atomic E-state index is 13.3. The SMILES string of the molecule is CC(C)(C)C(=O)N1CCC(C(=O)Nc2cccc(COc3cccc(F)c3)c2)CC1. The van der Waals surface area contributed by atoms with Crippen LogP contribution in [0.25, 0.3) is 0 Å². The largest absolute Gasteiger partial charge is 0.489 e. The van der Waals surface area contributed by atoms with E-state index >= 15 is 0 Å². The van der Waals surface area contributed by atoms with E-state index in [2.05, 4.69) is 5.32 Å². The lowest BCUT2D eigenvalue weighted by Crippen LogP contribution is -2.45. The lowest BCUT2D eigenvalue weighted by molar-refractivity contribution is -0.142. The number of nitrogens with one attached hydrogen (secondary N) is 1. The first-order chi connectivity index (χ1) is 14.2. The minimum absolute atomic E-state index is 0.0268. The van der Waals surface area contributed by atoms with Gasteiger partial charge in [-0.3, -0.25) is 9.59 Å². The Balaban J connectivity index is 1.52. The van der Waals surface area contributed by atoms with Gasteiger partial charge in [0.05, 0.1) is 0 Å². The van der Waals surface area contributed by atoms with Crippen molar-refractivity contribution in [3.63, 3.8) is 0 Å². The van der Waals surface area contributed by atoms with Gasteiger partial charge in [0.15, 0.2) is 0 Å². The highest BCUT2D eigenvalue weighted by Crippen LogP contribution is 2.25. The second kappa shape index (κ2) is 9.28. The molecule has 1 heterocycles. The molecule has 0 radical (unpaired) electrons. The summed E-state index contributed by atoms with van der Waals surface area (Å²) in [5.41, 5.74) is 1.18. The molecule has 2 aromatic rings. The van der Waals surface area contributed by atoms with E-state index < -0.39 is 5.41 Å². The van der Waals surface area contributed by atoms with Gasteiger partial charge in [-0.05, 0) is 42.7 Å². The summed E-state index contributed by atoms with van der Waals surface area (Å²) in [6.07, 6.45) is 1.33. The first-order valence-electron chi connectivity index (χ1n) is 10.3. The van der Waals surface area contributed by atoms with Gasteiger partial charge in [0.25, 0.3) is 0 Å². The summed E-state index contributed by atoms with van der Waals surface area (Å²) in [4.78, 5) is 26.9. The van der Waals surface area contributed by atoms with Gasteiger partial charge in [-0.2, -0.15) is 0 Å². The number of carbonyl (C=O) groups is 2. The number of amides is 2. The van der Waals surface area contributed by atoms with Crippen LogP contribution in [0.5, 0.6) is 5.75 Å². The average Bonchev–Trinajstić information content (AvgIpc) is 2.71. The molecule has 1 N–H and O–H groups in total. The molecule has 5 nitrogen and oxygen atoms in total. The first-order valence-corrected chi connectivity index (χ1v) is 10.3. The van der Waals surface area contributed by atoms with E-state index in [0.717, 1.165) is 5.56 Å². The van der Waals surface area contributed by atoms with Gasteiger partial charge in [-0.15, -0.1) is 0 Å². The molecule has 0 spiro atoms. The van der Waals surface area contributed by atoms with Crippen LogP contribution < -0.4 is 10.1 Å². The topological polar surface area (TPSA) is 58.6 Å². The molecule has 0 aliphatic carbocycles. The molecule has 1 aliphatic heterocycles. The highest BCUT2D eigenvalue weighted by Gasteiger charge is 2.32. The number of halogens is 1. The summed E-state index contributed by atoms with van der Waals surface area (Å²) in [6.45, 7) is 7.24. The van der Waals surface area contributed by atoms with E-state index in [1.165, 1.54) is 12.1 Å². The van der Waals surface area contributed by atoms with Crippen LogP contribution in [0.2, 0.25) is 0 Å². The highest BCUT2D eigenvalue weighted by molar-refractivity contribution is 5.93. The molecule has 1 saturated heterocycles. The van der Waals surface area contributed by atoms with Crippen LogP contribution in [-0.4, -0.2) is 29.8 Å². The number of benzene rings is 2. The van der Waals surface area contributed by atoms with E-state index in [-0.39, 0.29) is 30.2 Å². The van der Waals surface area contributed by atoms with E-state index in [4.69, 9.17) is 4.74 Å². The molecule has 6 heteroatoms. The van der Waals surface area contributed by atoms with Gasteiger partial charge in [0.1, 0.15) is 18.2 Å². The predicted octanol–water partition coefficient (Wildman–Crippen LogP) is 4.63. The number of anilines is 1. The smallest absolute Gasteiger partial charge is 0.227 e. The number of nitrogens with zero attached hydrogens (tertiary/aromatic N) is 1. The van der Waals surface area contributed by atoms with Crippen LogP contribution in [0.1, 0.15) is 39.2 Å². The molecule has 160 valence electrons. The van der Waals surface area contributed by atoms with Gasteiger partial charge in [-0.1, -0.05) is 39.0 Å². The molecule has 2 aromatic carbocycles. The Morgan fingerprint density at radius 2 is 1.80 bits per heavy atom. The van der Waals surface area contributed by atoms with Crippen molar-refractivity contribution in [2.45, 2.75) is 40.2 Å². The van der Waals surface area contributed by atoms with Crippen molar-refractivity contribution in [3.05, 3.63) is 59.9 Å². The second-order valence-corrected chi connectivity index (χ2v) is 8.75. The van der Waals surface area contributed by atoms with Crippen molar-refractivity contribution in [3.8, 4) is 5.75 Å². The number of rotatable bonds is 5. The van der Waals surface area contributed by atoms with Crippen LogP contribution in [-0.2, 0) is 16.2 Å². The van der Waals surface area contributed by atoms with Crippen molar-refractivity contribution >= 4 is 17.5 Å². The third-order valence-corrected chi connectivity index (χ3v) is 5.19. The first kappa shape index (κ1) is 21.8. The van der Waals surface area contributed by atoms with Crippen LogP contribution in [0.3, 0.4) is 0 Å². The Morgan fingerprint density at radius 3 is 2.47 bits per heavy atom. The third kappa shape index (κ3) is 5.81. The lowest BCUT2D eigenvalue weighted by Gasteiger charge is -2.35. The van der Waals surface area contributed by atoms with Crippen molar-refractivity contribution in [2.24, 2.45) is 11.3 Å². The summed E-state index contributed by atoms with van der Waals surface area (Å²) in [5, 5.41) is 2.98. The van der Waals surface area contributed by atoms with Crippen LogP contribution in [0, 0.1) is 17.2 Å². The maximum Gasteiger partial charge on any atom is 0.227 e. The van der Waals surface area contributed by atoms with Crippen molar-refractivity contribution in [2.75, 3.05) is 18.4 Å². The molecule has 0 unspecified atom stereocenters. The van der Waals surface area contributed by atoms with Gasteiger partial charge >= 0.3 is 0 Å². The zero-order valence-corrected chi connectivity index (χ0v) is 17.8. The molecule has 0 atom stereocenters. The van der Waals surface area contributed by atoms with Gasteiger partial charge in [-0.25, -0.2) is 4.39 Å². The molecular formula is C24H29FN2O3. The molecule has 2 amide bonds. The van der Waals surface area contributed by atoms with E-state index in [0.29, 0.717) is 37.4 Å². The molecule has 30 heavy (non-hydrogen) atoms. The molecule has 0 saturated carbocycles. The summed E-state index contributed by atoms with van der Waals surface area (Å²) in [5.74, 6) is 0.111. The lowest BCUT2D eigenvalue weighted by atomic mass is 9.90. The molecule has 0 bridgehead atoms. The third-order valence-electron chi connectivity index (χ3n) is 5.19. The number of carbonyl (C=O) groups excluding carboxylic acids is 2. The number of hydrogen-bond donors (Lipinski definition) is 1. The normalized spacial score (nSPS) is 15.0. The summed E-state index contributed by atoms with van der Waals surface area (Å²) >= 11 is 0. The Morgan fingerprint density at radius 1 is 1.10 bits per heavy atom. The number of hydrogen-bond acceptors (Lipinski definition) is 3. The number of likely N-dealkylation sites (tertiary alicyclic amines) is 1. The minimum Gasteiger partial charge on any atom is -0.489 e. The maximum atomic E-state index is 13.3. The Hall–Kier alpha value is -2.89. The van der Waals surface area contributed by atoms with Crippen LogP contribution >= 0.6 is 0 Å². The van der Waals surface area contributed by atoms with Gasteiger partial charge < -0.3 is 15.0 Å². The fraction of sp³-hybridized carbons (Fsp3) is 0.417. The Labute approximate surface area is 177 Å². The van der Waals surface area contributed by atoms with E-state index in [9.17, 15) is 14.0 Å². The number of ether oxygens (including phenoxy) is 1. The fourth-order valence-corrected chi connectivity index (χ4v) is 3.53. The van der Waals surface area contributed by atoms with Gasteiger partial charge in [0.2, 0.25) is 11.8 Å². The predicted molar refractivity (Wildman–Crippen MR) is 115 cm³/mol. The molecule has 0 aromatic heterocycles. The molecule has 3 rings (SSSR count). The summed E-state index contributed by atoms with van der Waals surface area (Å²) in [7, 11) is 0. The molecule has 1 aliphatic rings. The van der Waals surface area contributed by atoms with Crippen LogP contribution in [0.15, 0.2) is 48.5 Å². The Kier molecular flexibility index (Phi) is 6.75.